The van der Waals surface area contributed by atoms with Crippen LogP contribution in [0.25, 0.3) is 0 Å². The van der Waals surface area contributed by atoms with Gasteiger partial charge in [0.05, 0.1) is 5.92 Å². The highest BCUT2D eigenvalue weighted by molar-refractivity contribution is 6.18. The second-order valence-electron chi connectivity index (χ2n) is 13.0. The Balaban J connectivity index is 1.71. The normalized spacial score (nSPS) is 14.2. The topological polar surface area (TPSA) is 24.7 Å². The van der Waals surface area contributed by atoms with E-state index >= 15 is 0 Å². The molecule has 1 aliphatic rings. The van der Waals surface area contributed by atoms with Gasteiger partial charge in [-0.15, -0.1) is 0 Å². The van der Waals surface area contributed by atoms with Gasteiger partial charge in [-0.2, -0.15) is 0 Å². The Morgan fingerprint density at radius 2 is 0.878 bits per heavy atom. The van der Waals surface area contributed by atoms with E-state index in [0.717, 1.165) is 12.6 Å². The van der Waals surface area contributed by atoms with Crippen molar-refractivity contribution in [2.45, 2.75) is 181 Å². The van der Waals surface area contributed by atoms with E-state index in [1.807, 2.05) is 12.4 Å². The number of unbranched alkanes of at least 4 members (excludes halogenated alkanes) is 21. The number of hydrogen-bond donors (Lipinski definition) is 0. The zero-order chi connectivity index (χ0) is 29.1. The standard InChI is InChI=1S/C39H67N2/c1-3-5-7-9-11-13-15-16-17-19-21-23-28-32-38(39-40-33-34-41-39)37(35-36-29-25-24-26-30-36)31-27-22-20-18-14-12-10-8-6-4-2/h24-26,29-30,33-34,37-38H,3-23,27-28,31-32,35H2,1-2H3/q+1. The molecule has 2 unspecified atom stereocenters. The minimum absolute atomic E-state index is 0.497. The number of benzene rings is 1. The molecule has 1 aromatic carbocycles. The third-order valence-electron chi connectivity index (χ3n) is 9.27. The van der Waals surface area contributed by atoms with Crippen LogP contribution in [0.4, 0.5) is 0 Å². The van der Waals surface area contributed by atoms with E-state index in [1.165, 1.54) is 166 Å². The molecule has 0 N–H and O–H groups in total. The van der Waals surface area contributed by atoms with Crippen molar-refractivity contribution in [2.24, 2.45) is 21.8 Å². The average Bonchev–Trinajstić information content (AvgIpc) is 3.53. The van der Waals surface area contributed by atoms with E-state index in [9.17, 15) is 0 Å². The lowest BCUT2D eigenvalue weighted by Crippen LogP contribution is -2.22. The number of aliphatic imine (C=N–C) groups is 2. The highest BCUT2D eigenvalue weighted by atomic mass is 15.0. The largest absolute Gasteiger partial charge is 0.244 e. The van der Waals surface area contributed by atoms with Gasteiger partial charge in [0.1, 0.15) is 0 Å². The average molecular weight is 564 g/mol. The predicted molar refractivity (Wildman–Crippen MR) is 184 cm³/mol. The molecule has 2 nitrogen and oxygen atoms in total. The van der Waals surface area contributed by atoms with Crippen LogP contribution in [-0.2, 0) is 6.42 Å². The molecule has 0 aliphatic carbocycles. The van der Waals surface area contributed by atoms with Gasteiger partial charge in [-0.1, -0.05) is 202 Å². The maximum atomic E-state index is 4.75. The maximum absolute atomic E-state index is 4.75. The molecular formula is C39H67N2+. The molecule has 2 atom stereocenters. The Kier molecular flexibility index (Phi) is 22.7. The van der Waals surface area contributed by atoms with Crippen molar-refractivity contribution in [2.75, 3.05) is 0 Å². The molecular weight excluding hydrogens is 496 g/mol. The molecule has 0 saturated carbocycles. The van der Waals surface area contributed by atoms with Gasteiger partial charge in [0, 0.05) is 0 Å². The Morgan fingerprint density at radius 3 is 1.32 bits per heavy atom. The fourth-order valence-corrected chi connectivity index (χ4v) is 6.66. The Hall–Kier alpha value is -1.57. The van der Waals surface area contributed by atoms with Gasteiger partial charge in [-0.3, -0.25) is 0 Å². The summed E-state index contributed by atoms with van der Waals surface area (Å²) in [5, 5.41) is 0. The van der Waals surface area contributed by atoms with Crippen molar-refractivity contribution >= 4 is 12.4 Å². The third kappa shape index (κ3) is 18.6. The Labute approximate surface area is 256 Å². The minimum Gasteiger partial charge on any atom is -0.0965 e. The molecule has 0 saturated heterocycles. The van der Waals surface area contributed by atoms with Crippen molar-refractivity contribution in [3.63, 3.8) is 0 Å². The lowest BCUT2D eigenvalue weighted by Gasteiger charge is -2.26. The summed E-state index contributed by atoms with van der Waals surface area (Å²) in [6.45, 7) is 4.61. The summed E-state index contributed by atoms with van der Waals surface area (Å²) in [5.74, 6) is 1.14. The first-order chi connectivity index (χ1) is 20.3. The van der Waals surface area contributed by atoms with Crippen molar-refractivity contribution < 1.29 is 0 Å². The van der Waals surface area contributed by atoms with E-state index in [1.54, 1.807) is 0 Å². The quantitative estimate of drug-likeness (QED) is 0.0684. The SMILES string of the molecule is CCCCCCCCCCCCCCCC([C+]1N=CC=N1)C(CCCCCCCCCCCC)Cc1ccccc1. The summed E-state index contributed by atoms with van der Waals surface area (Å²) < 4.78 is 0. The molecule has 0 aromatic heterocycles. The molecule has 0 radical (unpaired) electrons. The fraction of sp³-hybridized carbons (Fsp3) is 0.769. The smallest absolute Gasteiger partial charge is 0.0965 e. The van der Waals surface area contributed by atoms with Crippen LogP contribution in [0.1, 0.15) is 180 Å². The zero-order valence-electron chi connectivity index (χ0n) is 27.5. The Bertz CT molecular complexity index is 727. The maximum Gasteiger partial charge on any atom is 0.244 e. The molecule has 1 heterocycles. The van der Waals surface area contributed by atoms with Crippen LogP contribution in [0.5, 0.6) is 0 Å². The lowest BCUT2D eigenvalue weighted by atomic mass is 9.78. The van der Waals surface area contributed by atoms with E-state index in [4.69, 9.17) is 9.98 Å². The summed E-state index contributed by atoms with van der Waals surface area (Å²) in [5.41, 5.74) is 1.48. The van der Waals surface area contributed by atoms with Crippen LogP contribution in [0.15, 0.2) is 40.3 Å². The van der Waals surface area contributed by atoms with Gasteiger partial charge in [-0.05, 0) is 30.7 Å². The molecule has 2 rings (SSSR count). The fourth-order valence-electron chi connectivity index (χ4n) is 6.66. The van der Waals surface area contributed by atoms with Crippen LogP contribution >= 0.6 is 0 Å². The number of nitrogens with zero attached hydrogens (tertiary/aromatic N) is 2. The molecule has 232 valence electrons. The highest BCUT2D eigenvalue weighted by Gasteiger charge is 2.35. The van der Waals surface area contributed by atoms with Crippen LogP contribution in [-0.4, -0.2) is 12.4 Å². The summed E-state index contributed by atoms with van der Waals surface area (Å²) >= 11 is 0. The molecule has 1 aliphatic heterocycles. The van der Waals surface area contributed by atoms with E-state index < -0.39 is 0 Å². The first-order valence-corrected chi connectivity index (χ1v) is 18.3. The van der Waals surface area contributed by atoms with Gasteiger partial charge >= 0.3 is 0 Å². The number of hydrogen-bond acceptors (Lipinski definition) is 2. The summed E-state index contributed by atoms with van der Waals surface area (Å²) in [6, 6.07) is 11.2. The number of rotatable bonds is 29. The molecule has 0 fully saturated rings. The minimum atomic E-state index is 0.497. The zero-order valence-corrected chi connectivity index (χ0v) is 27.5. The molecule has 41 heavy (non-hydrogen) atoms. The van der Waals surface area contributed by atoms with E-state index in [2.05, 4.69) is 44.2 Å². The van der Waals surface area contributed by atoms with Gasteiger partial charge in [0.25, 0.3) is 0 Å². The van der Waals surface area contributed by atoms with Crippen LogP contribution in [0.2, 0.25) is 0 Å². The Morgan fingerprint density at radius 1 is 0.488 bits per heavy atom. The highest BCUT2D eigenvalue weighted by Crippen LogP contribution is 2.37. The van der Waals surface area contributed by atoms with Crippen molar-refractivity contribution in [3.05, 3.63) is 42.1 Å². The third-order valence-corrected chi connectivity index (χ3v) is 9.27. The van der Waals surface area contributed by atoms with E-state index in [0.29, 0.717) is 11.8 Å². The molecule has 0 amide bonds. The van der Waals surface area contributed by atoms with Crippen molar-refractivity contribution in [3.8, 4) is 0 Å². The second-order valence-corrected chi connectivity index (χ2v) is 13.0. The van der Waals surface area contributed by atoms with Crippen LogP contribution in [0, 0.1) is 18.0 Å². The van der Waals surface area contributed by atoms with E-state index in [-0.39, 0.29) is 0 Å². The van der Waals surface area contributed by atoms with Crippen molar-refractivity contribution in [1.82, 2.24) is 0 Å². The first kappa shape index (κ1) is 35.6. The molecule has 0 bridgehead atoms. The molecule has 1 aromatic rings. The summed E-state index contributed by atoms with van der Waals surface area (Å²) in [4.78, 5) is 9.50. The monoisotopic (exact) mass is 564 g/mol. The van der Waals surface area contributed by atoms with Gasteiger partial charge in [-0.25, -0.2) is 0 Å². The van der Waals surface area contributed by atoms with Crippen LogP contribution in [0.3, 0.4) is 0 Å². The van der Waals surface area contributed by atoms with Crippen molar-refractivity contribution in [1.29, 1.82) is 0 Å². The van der Waals surface area contributed by atoms with Crippen LogP contribution < -0.4 is 0 Å². The summed E-state index contributed by atoms with van der Waals surface area (Å²) in [7, 11) is 0. The lowest BCUT2D eigenvalue weighted by molar-refractivity contribution is 0.284. The van der Waals surface area contributed by atoms with Gasteiger partial charge < -0.3 is 0 Å². The first-order valence-electron chi connectivity index (χ1n) is 18.3. The van der Waals surface area contributed by atoms with Gasteiger partial charge in [0.2, 0.25) is 6.17 Å². The second kappa shape index (κ2) is 26.1. The molecule has 2 heteroatoms. The predicted octanol–water partition coefficient (Wildman–Crippen LogP) is 12.9. The van der Waals surface area contributed by atoms with Gasteiger partial charge in [0.15, 0.2) is 12.4 Å². The summed E-state index contributed by atoms with van der Waals surface area (Å²) in [6.07, 6.45) is 41.1. The molecule has 0 spiro atoms.